The van der Waals surface area contributed by atoms with Crippen molar-refractivity contribution in [2.75, 3.05) is 6.54 Å². The second-order valence-corrected chi connectivity index (χ2v) is 9.01. The molecule has 1 heterocycles. The van der Waals surface area contributed by atoms with Gasteiger partial charge < -0.3 is 5.32 Å². The van der Waals surface area contributed by atoms with Crippen molar-refractivity contribution in [1.82, 2.24) is 10.0 Å². The topological polar surface area (TPSA) is 75.3 Å². The minimum absolute atomic E-state index is 0.161. The molecule has 0 radical (unpaired) electrons. The summed E-state index contributed by atoms with van der Waals surface area (Å²) in [5, 5.41) is 2.80. The van der Waals surface area contributed by atoms with Crippen LogP contribution in [0.3, 0.4) is 0 Å². The first kappa shape index (κ1) is 17.6. The molecule has 1 amide bonds. The Kier molecular flexibility index (Phi) is 4.86. The van der Waals surface area contributed by atoms with Crippen molar-refractivity contribution in [2.24, 2.45) is 0 Å². The molecule has 0 bridgehead atoms. The number of sulfonamides is 1. The quantitative estimate of drug-likeness (QED) is 0.800. The van der Waals surface area contributed by atoms with Gasteiger partial charge in [-0.2, -0.15) is 0 Å². The number of halogens is 1. The summed E-state index contributed by atoms with van der Waals surface area (Å²) in [4.78, 5) is 11.7. The lowest BCUT2D eigenvalue weighted by molar-refractivity contribution is -0.118. The van der Waals surface area contributed by atoms with Crippen LogP contribution in [0.15, 0.2) is 34.3 Å². The van der Waals surface area contributed by atoms with Crippen LogP contribution < -0.4 is 10.0 Å². The van der Waals surface area contributed by atoms with Gasteiger partial charge in [0.25, 0.3) is 0 Å². The second kappa shape index (κ2) is 6.61. The molecular weight excluding hydrogens is 392 g/mol. The molecule has 1 spiro atoms. The fraction of sp³-hybridized carbons (Fsp3) is 0.471. The van der Waals surface area contributed by atoms with Crippen LogP contribution >= 0.6 is 15.9 Å². The molecule has 130 valence electrons. The van der Waals surface area contributed by atoms with E-state index in [0.29, 0.717) is 10.5 Å². The molecule has 0 unspecified atom stereocenters. The van der Waals surface area contributed by atoms with Crippen LogP contribution in [-0.2, 0) is 14.8 Å². The first-order valence-electron chi connectivity index (χ1n) is 8.12. The third-order valence-corrected chi connectivity index (χ3v) is 6.93. The summed E-state index contributed by atoms with van der Waals surface area (Å²) in [6, 6.07) is 7.30. The molecule has 1 saturated carbocycles. The Bertz CT molecular complexity index is 796. The standard InChI is InChI=1S/C17H21BrN2O3S/c1-12(21)19-11-15-16(13-6-5-7-14(18)10-13)24(22,23)20-17(15)8-3-2-4-9-17/h5-7,10,20H,2-4,8-9,11H2,1H3,(H,19,21). The maximum Gasteiger partial charge on any atom is 0.242 e. The number of rotatable bonds is 3. The van der Waals surface area contributed by atoms with Gasteiger partial charge in [0.05, 0.1) is 10.4 Å². The maximum absolute atomic E-state index is 12.9. The van der Waals surface area contributed by atoms with Crippen LogP contribution in [-0.4, -0.2) is 26.4 Å². The Hall–Kier alpha value is -1.18. The summed E-state index contributed by atoms with van der Waals surface area (Å²) in [5.41, 5.74) is 0.882. The normalized spacial score (nSPS) is 21.9. The number of hydrogen-bond donors (Lipinski definition) is 2. The second-order valence-electron chi connectivity index (χ2n) is 6.48. The van der Waals surface area contributed by atoms with Crippen LogP contribution in [0.1, 0.15) is 44.6 Å². The van der Waals surface area contributed by atoms with E-state index in [4.69, 9.17) is 0 Å². The predicted octanol–water partition coefficient (Wildman–Crippen LogP) is 2.93. The van der Waals surface area contributed by atoms with E-state index < -0.39 is 15.6 Å². The molecule has 1 aliphatic carbocycles. The third-order valence-electron chi connectivity index (χ3n) is 4.76. The molecule has 5 nitrogen and oxygen atoms in total. The Labute approximate surface area is 151 Å². The number of amides is 1. The Morgan fingerprint density at radius 3 is 2.62 bits per heavy atom. The molecule has 7 heteroatoms. The number of nitrogens with one attached hydrogen (secondary N) is 2. The van der Waals surface area contributed by atoms with Gasteiger partial charge in [0.15, 0.2) is 0 Å². The van der Waals surface area contributed by atoms with Gasteiger partial charge in [-0.1, -0.05) is 47.3 Å². The van der Waals surface area contributed by atoms with E-state index in [0.717, 1.165) is 42.1 Å². The van der Waals surface area contributed by atoms with Crippen LogP contribution in [0.4, 0.5) is 0 Å². The highest BCUT2D eigenvalue weighted by molar-refractivity contribution is 9.10. The van der Waals surface area contributed by atoms with E-state index in [-0.39, 0.29) is 12.5 Å². The highest BCUT2D eigenvalue weighted by Gasteiger charge is 2.48. The summed E-state index contributed by atoms with van der Waals surface area (Å²) in [6.07, 6.45) is 4.64. The van der Waals surface area contributed by atoms with E-state index in [1.54, 1.807) is 6.07 Å². The Balaban J connectivity index is 2.16. The number of benzene rings is 1. The zero-order valence-electron chi connectivity index (χ0n) is 13.6. The van der Waals surface area contributed by atoms with Crippen molar-refractivity contribution in [3.8, 4) is 0 Å². The monoisotopic (exact) mass is 412 g/mol. The average molecular weight is 413 g/mol. The summed E-state index contributed by atoms with van der Waals surface area (Å²) in [7, 11) is -3.60. The van der Waals surface area contributed by atoms with E-state index in [1.807, 2.05) is 18.2 Å². The van der Waals surface area contributed by atoms with Gasteiger partial charge in [-0.25, -0.2) is 13.1 Å². The third kappa shape index (κ3) is 3.30. The molecular formula is C17H21BrN2O3S. The predicted molar refractivity (Wildman–Crippen MR) is 97.6 cm³/mol. The average Bonchev–Trinajstić information content (AvgIpc) is 2.72. The SMILES string of the molecule is CC(=O)NCC1=C(c2cccc(Br)c2)S(=O)(=O)NC12CCCCC2. The van der Waals surface area contributed by atoms with Crippen molar-refractivity contribution in [3.05, 3.63) is 39.9 Å². The molecule has 0 aromatic heterocycles. The number of carbonyl (C=O) groups is 1. The smallest absolute Gasteiger partial charge is 0.242 e. The van der Waals surface area contributed by atoms with E-state index >= 15 is 0 Å². The van der Waals surface area contributed by atoms with Gasteiger partial charge in [-0.05, 0) is 36.1 Å². The summed E-state index contributed by atoms with van der Waals surface area (Å²) in [5.74, 6) is -0.161. The molecule has 1 aliphatic heterocycles. The zero-order chi connectivity index (χ0) is 17.4. The lowest BCUT2D eigenvalue weighted by atomic mass is 9.76. The minimum atomic E-state index is -3.60. The maximum atomic E-state index is 12.9. The first-order chi connectivity index (χ1) is 11.3. The van der Waals surface area contributed by atoms with Gasteiger partial charge in [-0.3, -0.25) is 4.79 Å². The zero-order valence-corrected chi connectivity index (χ0v) is 16.0. The number of hydrogen-bond acceptors (Lipinski definition) is 3. The molecule has 1 aromatic rings. The fourth-order valence-corrected chi connectivity index (χ4v) is 6.10. The van der Waals surface area contributed by atoms with Crippen LogP contribution in [0.2, 0.25) is 0 Å². The molecule has 0 saturated heterocycles. The van der Waals surface area contributed by atoms with Crippen molar-refractivity contribution in [3.63, 3.8) is 0 Å². The van der Waals surface area contributed by atoms with E-state index in [9.17, 15) is 13.2 Å². The molecule has 1 fully saturated rings. The molecule has 3 rings (SSSR count). The lowest BCUT2D eigenvalue weighted by Crippen LogP contribution is -2.47. The Morgan fingerprint density at radius 2 is 2.00 bits per heavy atom. The minimum Gasteiger partial charge on any atom is -0.352 e. The van der Waals surface area contributed by atoms with Crippen LogP contribution in [0.25, 0.3) is 4.91 Å². The highest BCUT2D eigenvalue weighted by atomic mass is 79.9. The molecule has 2 aliphatic rings. The van der Waals surface area contributed by atoms with Gasteiger partial charge in [0, 0.05) is 17.9 Å². The number of carbonyl (C=O) groups excluding carboxylic acids is 1. The summed E-state index contributed by atoms with van der Waals surface area (Å²) < 4.78 is 29.6. The van der Waals surface area contributed by atoms with E-state index in [2.05, 4.69) is 26.0 Å². The van der Waals surface area contributed by atoms with Gasteiger partial charge in [0.1, 0.15) is 0 Å². The van der Waals surface area contributed by atoms with Gasteiger partial charge >= 0.3 is 0 Å². The summed E-state index contributed by atoms with van der Waals surface area (Å²) >= 11 is 3.41. The Morgan fingerprint density at radius 1 is 1.29 bits per heavy atom. The highest BCUT2D eigenvalue weighted by Crippen LogP contribution is 2.45. The molecule has 2 N–H and O–H groups in total. The van der Waals surface area contributed by atoms with E-state index in [1.165, 1.54) is 6.92 Å². The van der Waals surface area contributed by atoms with Crippen molar-refractivity contribution < 1.29 is 13.2 Å². The molecule has 1 aromatic carbocycles. The van der Waals surface area contributed by atoms with Crippen molar-refractivity contribution in [2.45, 2.75) is 44.6 Å². The van der Waals surface area contributed by atoms with Crippen molar-refractivity contribution >= 4 is 36.8 Å². The lowest BCUT2D eigenvalue weighted by Gasteiger charge is -2.35. The van der Waals surface area contributed by atoms with Crippen LogP contribution in [0.5, 0.6) is 0 Å². The first-order valence-corrected chi connectivity index (χ1v) is 10.4. The van der Waals surface area contributed by atoms with Crippen molar-refractivity contribution in [1.29, 1.82) is 0 Å². The van der Waals surface area contributed by atoms with Gasteiger partial charge in [0.2, 0.25) is 15.9 Å². The molecule has 24 heavy (non-hydrogen) atoms. The van der Waals surface area contributed by atoms with Gasteiger partial charge in [-0.15, -0.1) is 0 Å². The fourth-order valence-electron chi connectivity index (χ4n) is 3.73. The molecule has 0 atom stereocenters. The largest absolute Gasteiger partial charge is 0.352 e. The van der Waals surface area contributed by atoms with Crippen LogP contribution in [0, 0.1) is 0 Å². The summed E-state index contributed by atoms with van der Waals surface area (Å²) in [6.45, 7) is 1.70.